The highest BCUT2D eigenvalue weighted by Gasteiger charge is 2.20. The molecule has 2 rings (SSSR count). The maximum Gasteiger partial charge on any atom is 0.0439 e. The minimum Gasteiger partial charge on any atom is -0.396 e. The van der Waals surface area contributed by atoms with Crippen LogP contribution < -0.4 is 5.32 Å². The molecule has 1 saturated carbocycles. The number of aliphatic hydroxyl groups is 1. The molecule has 17 heavy (non-hydrogen) atoms. The van der Waals surface area contributed by atoms with E-state index in [0.717, 1.165) is 29.2 Å². The summed E-state index contributed by atoms with van der Waals surface area (Å²) in [6.07, 6.45) is 3.50. The van der Waals surface area contributed by atoms with E-state index in [4.69, 9.17) is 5.11 Å². The van der Waals surface area contributed by atoms with Gasteiger partial charge in [-0.1, -0.05) is 22.0 Å². The largest absolute Gasteiger partial charge is 0.396 e. The van der Waals surface area contributed by atoms with E-state index in [9.17, 15) is 0 Å². The topological polar surface area (TPSA) is 32.3 Å². The van der Waals surface area contributed by atoms with Gasteiger partial charge in [-0.2, -0.15) is 0 Å². The van der Waals surface area contributed by atoms with Crippen LogP contribution in [0.1, 0.15) is 24.8 Å². The smallest absolute Gasteiger partial charge is 0.0439 e. The maximum absolute atomic E-state index is 8.82. The molecule has 94 valence electrons. The molecule has 1 aromatic carbocycles. The third-order valence-corrected chi connectivity index (χ3v) is 4.42. The molecule has 0 spiro atoms. The van der Waals surface area contributed by atoms with Gasteiger partial charge in [-0.25, -0.2) is 0 Å². The van der Waals surface area contributed by atoms with E-state index in [1.54, 1.807) is 0 Å². The van der Waals surface area contributed by atoms with Crippen molar-refractivity contribution in [3.05, 3.63) is 28.2 Å². The Morgan fingerprint density at radius 2 is 2.24 bits per heavy atom. The Balaban J connectivity index is 1.95. The Labute approximate surface area is 115 Å². The molecule has 1 aliphatic carbocycles. The van der Waals surface area contributed by atoms with Crippen LogP contribution in [0.15, 0.2) is 27.6 Å². The van der Waals surface area contributed by atoms with Crippen LogP contribution in [0.25, 0.3) is 0 Å². The minimum absolute atomic E-state index is 0.274. The number of aliphatic hydroxyl groups excluding tert-OH is 1. The molecule has 4 heteroatoms. The van der Waals surface area contributed by atoms with Crippen molar-refractivity contribution in [2.45, 2.75) is 36.7 Å². The van der Waals surface area contributed by atoms with Crippen molar-refractivity contribution in [3.8, 4) is 0 Å². The Bertz CT molecular complexity index is 368. The zero-order chi connectivity index (χ0) is 12.1. The summed E-state index contributed by atoms with van der Waals surface area (Å²) in [6, 6.07) is 7.20. The van der Waals surface area contributed by atoms with E-state index in [1.165, 1.54) is 23.3 Å². The zero-order valence-corrected chi connectivity index (χ0v) is 12.2. The molecule has 0 atom stereocenters. The predicted octanol–water partition coefficient (Wildman–Crippen LogP) is 3.18. The van der Waals surface area contributed by atoms with Gasteiger partial charge in [-0.15, -0.1) is 11.8 Å². The highest BCUT2D eigenvalue weighted by atomic mass is 79.9. The second-order valence-corrected chi connectivity index (χ2v) is 6.39. The molecule has 0 aliphatic heterocycles. The molecule has 0 saturated heterocycles. The SMILES string of the molecule is OCCCSc1cc(Br)ccc1CNC1CC1. The fraction of sp³-hybridized carbons (Fsp3) is 0.538. The fourth-order valence-corrected chi connectivity index (χ4v) is 3.14. The number of thioether (sulfide) groups is 1. The van der Waals surface area contributed by atoms with E-state index in [1.807, 2.05) is 11.8 Å². The van der Waals surface area contributed by atoms with Crippen molar-refractivity contribution < 1.29 is 5.11 Å². The Morgan fingerprint density at radius 1 is 1.41 bits per heavy atom. The first kappa shape index (κ1) is 13.4. The average Bonchev–Trinajstić information content (AvgIpc) is 3.12. The quantitative estimate of drug-likeness (QED) is 0.599. The molecular weight excluding hydrogens is 298 g/mol. The number of halogens is 1. The summed E-state index contributed by atoms with van der Waals surface area (Å²) in [7, 11) is 0. The van der Waals surface area contributed by atoms with Crippen molar-refractivity contribution in [1.82, 2.24) is 5.32 Å². The van der Waals surface area contributed by atoms with Crippen LogP contribution in [-0.2, 0) is 6.54 Å². The van der Waals surface area contributed by atoms with Gasteiger partial charge < -0.3 is 10.4 Å². The second kappa shape index (κ2) is 6.78. The number of hydrogen-bond acceptors (Lipinski definition) is 3. The lowest BCUT2D eigenvalue weighted by Gasteiger charge is -2.10. The van der Waals surface area contributed by atoms with Gasteiger partial charge in [-0.05, 0) is 37.0 Å². The molecule has 1 fully saturated rings. The Hall–Kier alpha value is -0.0300. The summed E-state index contributed by atoms with van der Waals surface area (Å²) in [5, 5.41) is 12.4. The van der Waals surface area contributed by atoms with E-state index in [-0.39, 0.29) is 6.61 Å². The second-order valence-electron chi connectivity index (χ2n) is 4.33. The summed E-state index contributed by atoms with van der Waals surface area (Å²) in [4.78, 5) is 1.32. The first-order valence-electron chi connectivity index (χ1n) is 6.05. The van der Waals surface area contributed by atoms with Gasteiger partial charge in [0.2, 0.25) is 0 Å². The van der Waals surface area contributed by atoms with Gasteiger partial charge in [0, 0.05) is 34.3 Å². The molecule has 0 heterocycles. The number of rotatable bonds is 7. The molecule has 0 bridgehead atoms. The van der Waals surface area contributed by atoms with E-state index >= 15 is 0 Å². The van der Waals surface area contributed by atoms with Crippen LogP contribution in [-0.4, -0.2) is 23.5 Å². The molecule has 2 N–H and O–H groups in total. The highest BCUT2D eigenvalue weighted by Crippen LogP contribution is 2.28. The van der Waals surface area contributed by atoms with Crippen molar-refractivity contribution in [3.63, 3.8) is 0 Å². The maximum atomic E-state index is 8.82. The van der Waals surface area contributed by atoms with Crippen molar-refractivity contribution >= 4 is 27.7 Å². The van der Waals surface area contributed by atoms with E-state index < -0.39 is 0 Å². The summed E-state index contributed by atoms with van der Waals surface area (Å²) in [5.41, 5.74) is 1.36. The molecule has 0 radical (unpaired) electrons. The standard InChI is InChI=1S/C13H18BrNOS/c14-11-3-2-10(9-15-12-4-5-12)13(8-11)17-7-1-6-16/h2-3,8,12,15-16H,1,4-7,9H2. The molecule has 1 aliphatic rings. The van der Waals surface area contributed by atoms with Crippen LogP contribution in [0.4, 0.5) is 0 Å². The summed E-state index contributed by atoms with van der Waals surface area (Å²) in [5.74, 6) is 0.976. The molecule has 1 aromatic rings. The lowest BCUT2D eigenvalue weighted by atomic mass is 10.2. The Morgan fingerprint density at radius 3 is 2.94 bits per heavy atom. The van der Waals surface area contributed by atoms with E-state index in [2.05, 4.69) is 39.4 Å². The lowest BCUT2D eigenvalue weighted by Crippen LogP contribution is -2.15. The lowest BCUT2D eigenvalue weighted by molar-refractivity contribution is 0.296. The normalized spacial score (nSPS) is 15.2. The van der Waals surface area contributed by atoms with Gasteiger partial charge in [0.25, 0.3) is 0 Å². The van der Waals surface area contributed by atoms with Crippen LogP contribution in [0.2, 0.25) is 0 Å². The number of benzene rings is 1. The molecule has 0 unspecified atom stereocenters. The monoisotopic (exact) mass is 315 g/mol. The predicted molar refractivity (Wildman–Crippen MR) is 76.4 cm³/mol. The first-order chi connectivity index (χ1) is 8.29. The molecule has 0 aromatic heterocycles. The van der Waals surface area contributed by atoms with Crippen LogP contribution in [0.5, 0.6) is 0 Å². The molecular formula is C13H18BrNOS. The third kappa shape index (κ3) is 4.62. The van der Waals surface area contributed by atoms with Crippen molar-refractivity contribution in [2.24, 2.45) is 0 Å². The summed E-state index contributed by atoms with van der Waals surface area (Å²) >= 11 is 5.34. The van der Waals surface area contributed by atoms with Crippen LogP contribution >= 0.6 is 27.7 Å². The summed E-state index contributed by atoms with van der Waals surface area (Å²) < 4.78 is 1.12. The van der Waals surface area contributed by atoms with Gasteiger partial charge >= 0.3 is 0 Å². The van der Waals surface area contributed by atoms with Gasteiger partial charge in [0.15, 0.2) is 0 Å². The van der Waals surface area contributed by atoms with Crippen molar-refractivity contribution in [2.75, 3.05) is 12.4 Å². The minimum atomic E-state index is 0.274. The Kier molecular flexibility index (Phi) is 5.35. The molecule has 0 amide bonds. The fourth-order valence-electron chi connectivity index (χ4n) is 1.60. The number of nitrogens with one attached hydrogen (secondary N) is 1. The van der Waals surface area contributed by atoms with Gasteiger partial charge in [-0.3, -0.25) is 0 Å². The average molecular weight is 316 g/mol. The third-order valence-electron chi connectivity index (χ3n) is 2.75. The molecule has 2 nitrogen and oxygen atoms in total. The van der Waals surface area contributed by atoms with Crippen LogP contribution in [0, 0.1) is 0 Å². The summed E-state index contributed by atoms with van der Waals surface area (Å²) in [6.45, 7) is 1.23. The first-order valence-corrected chi connectivity index (χ1v) is 7.83. The highest BCUT2D eigenvalue weighted by molar-refractivity contribution is 9.10. The van der Waals surface area contributed by atoms with E-state index in [0.29, 0.717) is 0 Å². The van der Waals surface area contributed by atoms with Gasteiger partial charge in [0.1, 0.15) is 0 Å². The van der Waals surface area contributed by atoms with Gasteiger partial charge in [0.05, 0.1) is 0 Å². The number of hydrogen-bond donors (Lipinski definition) is 2. The van der Waals surface area contributed by atoms with Crippen molar-refractivity contribution in [1.29, 1.82) is 0 Å². The zero-order valence-electron chi connectivity index (χ0n) is 9.79. The van der Waals surface area contributed by atoms with Crippen LogP contribution in [0.3, 0.4) is 0 Å².